The van der Waals surface area contributed by atoms with Gasteiger partial charge in [0.1, 0.15) is 0 Å². The lowest BCUT2D eigenvalue weighted by atomic mass is 10.1. The molecule has 0 atom stereocenters. The molecule has 0 bridgehead atoms. The summed E-state index contributed by atoms with van der Waals surface area (Å²) in [5.74, 6) is 0.707. The molecule has 25 heavy (non-hydrogen) atoms. The molecule has 128 valence electrons. The van der Waals surface area contributed by atoms with Gasteiger partial charge in [-0.1, -0.05) is 24.3 Å². The maximum Gasteiger partial charge on any atom is 0.247 e. The van der Waals surface area contributed by atoms with Crippen LogP contribution in [0.25, 0.3) is 11.5 Å². The molecule has 0 aliphatic carbocycles. The van der Waals surface area contributed by atoms with Gasteiger partial charge in [0.2, 0.25) is 17.7 Å². The van der Waals surface area contributed by atoms with Gasteiger partial charge in [0.25, 0.3) is 0 Å². The van der Waals surface area contributed by atoms with Crippen molar-refractivity contribution in [2.45, 2.75) is 25.8 Å². The van der Waals surface area contributed by atoms with Gasteiger partial charge in [-0.25, -0.2) is 0 Å². The molecule has 3 aromatic rings. The zero-order chi connectivity index (χ0) is 17.5. The van der Waals surface area contributed by atoms with Crippen molar-refractivity contribution in [3.8, 4) is 11.5 Å². The van der Waals surface area contributed by atoms with Crippen molar-refractivity contribution in [2.24, 2.45) is 0 Å². The van der Waals surface area contributed by atoms with E-state index in [0.29, 0.717) is 24.6 Å². The minimum Gasteiger partial charge on any atom is -0.419 e. The van der Waals surface area contributed by atoms with Gasteiger partial charge in [-0.3, -0.25) is 9.59 Å². The number of carbonyl (C=O) groups is 2. The number of rotatable bonds is 8. The quantitative estimate of drug-likeness (QED) is 0.625. The Balaban J connectivity index is 1.41. The standard InChI is InChI=1S/C18H17N3O3S/c22-14(15-9-5-11-25-15)8-4-10-16(23)19-12-17-20-21-18(24-17)13-6-2-1-3-7-13/h1-3,5-7,9,11H,4,8,10,12H2,(H,19,23). The monoisotopic (exact) mass is 355 g/mol. The normalized spacial score (nSPS) is 10.6. The van der Waals surface area contributed by atoms with Gasteiger partial charge >= 0.3 is 0 Å². The molecule has 1 aromatic carbocycles. The lowest BCUT2D eigenvalue weighted by Crippen LogP contribution is -2.22. The second-order valence-electron chi connectivity index (χ2n) is 5.40. The number of nitrogens with zero attached hydrogens (tertiary/aromatic N) is 2. The van der Waals surface area contributed by atoms with Gasteiger partial charge in [-0.2, -0.15) is 0 Å². The summed E-state index contributed by atoms with van der Waals surface area (Å²) in [4.78, 5) is 24.4. The average Bonchev–Trinajstić information content (AvgIpc) is 3.32. The van der Waals surface area contributed by atoms with Gasteiger partial charge in [-0.15, -0.1) is 21.5 Å². The molecule has 0 unspecified atom stereocenters. The molecule has 3 rings (SSSR count). The Morgan fingerprint density at radius 3 is 2.64 bits per heavy atom. The average molecular weight is 355 g/mol. The van der Waals surface area contributed by atoms with Gasteiger partial charge in [0, 0.05) is 18.4 Å². The number of nitrogens with one attached hydrogen (secondary N) is 1. The Kier molecular flexibility index (Phi) is 5.69. The van der Waals surface area contributed by atoms with E-state index in [0.717, 1.165) is 10.4 Å². The van der Waals surface area contributed by atoms with Crippen molar-refractivity contribution in [3.05, 3.63) is 58.6 Å². The second-order valence-corrected chi connectivity index (χ2v) is 6.35. The van der Waals surface area contributed by atoms with Gasteiger partial charge in [0.15, 0.2) is 5.78 Å². The first-order valence-electron chi connectivity index (χ1n) is 7.93. The van der Waals surface area contributed by atoms with Crippen molar-refractivity contribution in [1.82, 2.24) is 15.5 Å². The molecular formula is C18H17N3O3S. The highest BCUT2D eigenvalue weighted by atomic mass is 32.1. The molecule has 0 radical (unpaired) electrons. The number of aromatic nitrogens is 2. The zero-order valence-electron chi connectivity index (χ0n) is 13.5. The topological polar surface area (TPSA) is 85.1 Å². The number of benzene rings is 1. The van der Waals surface area contributed by atoms with Crippen molar-refractivity contribution in [2.75, 3.05) is 0 Å². The van der Waals surface area contributed by atoms with Crippen LogP contribution in [0.5, 0.6) is 0 Å². The molecule has 2 aromatic heterocycles. The van der Waals surface area contributed by atoms with Crippen LogP contribution in [0.4, 0.5) is 0 Å². The molecule has 0 aliphatic heterocycles. The predicted molar refractivity (Wildman–Crippen MR) is 94.1 cm³/mol. The van der Waals surface area contributed by atoms with Crippen molar-refractivity contribution < 1.29 is 14.0 Å². The molecule has 0 aliphatic rings. The van der Waals surface area contributed by atoms with Gasteiger partial charge < -0.3 is 9.73 Å². The van der Waals surface area contributed by atoms with Crippen LogP contribution in [0.3, 0.4) is 0 Å². The Hall–Kier alpha value is -2.80. The summed E-state index contributed by atoms with van der Waals surface area (Å²) in [6.07, 6.45) is 1.17. The summed E-state index contributed by atoms with van der Waals surface area (Å²) in [6.45, 7) is 0.178. The minimum absolute atomic E-state index is 0.0761. The third kappa shape index (κ3) is 4.84. The first-order valence-corrected chi connectivity index (χ1v) is 8.81. The molecule has 0 saturated heterocycles. The summed E-state index contributed by atoms with van der Waals surface area (Å²) >= 11 is 1.42. The maximum atomic E-state index is 11.9. The van der Waals surface area contributed by atoms with E-state index in [4.69, 9.17) is 4.42 Å². The third-order valence-corrected chi connectivity index (χ3v) is 4.44. The summed E-state index contributed by atoms with van der Waals surface area (Å²) in [7, 11) is 0. The van der Waals surface area contributed by atoms with E-state index < -0.39 is 0 Å². The van der Waals surface area contributed by atoms with Crippen LogP contribution in [0, 0.1) is 0 Å². The summed E-state index contributed by atoms with van der Waals surface area (Å²) < 4.78 is 5.52. The van der Waals surface area contributed by atoms with Crippen molar-refractivity contribution >= 4 is 23.0 Å². The Morgan fingerprint density at radius 2 is 1.88 bits per heavy atom. The van der Waals surface area contributed by atoms with E-state index >= 15 is 0 Å². The number of thiophene rings is 1. The SMILES string of the molecule is O=C(CCCC(=O)c1cccs1)NCc1nnc(-c2ccccc2)o1. The first kappa shape index (κ1) is 17.0. The molecule has 1 amide bonds. The fourth-order valence-electron chi connectivity index (χ4n) is 2.25. The minimum atomic E-state index is -0.140. The van der Waals surface area contributed by atoms with E-state index in [-0.39, 0.29) is 24.7 Å². The van der Waals surface area contributed by atoms with E-state index in [1.54, 1.807) is 6.07 Å². The van der Waals surface area contributed by atoms with Crippen LogP contribution in [-0.4, -0.2) is 21.9 Å². The van der Waals surface area contributed by atoms with E-state index in [2.05, 4.69) is 15.5 Å². The number of hydrogen-bond donors (Lipinski definition) is 1. The number of hydrogen-bond acceptors (Lipinski definition) is 6. The molecule has 2 heterocycles. The van der Waals surface area contributed by atoms with Crippen LogP contribution in [0.15, 0.2) is 52.3 Å². The Morgan fingerprint density at radius 1 is 1.04 bits per heavy atom. The highest BCUT2D eigenvalue weighted by Crippen LogP contribution is 2.17. The highest BCUT2D eigenvalue weighted by molar-refractivity contribution is 7.12. The lowest BCUT2D eigenvalue weighted by molar-refractivity contribution is -0.121. The van der Waals surface area contributed by atoms with Crippen molar-refractivity contribution in [1.29, 1.82) is 0 Å². The van der Waals surface area contributed by atoms with Crippen LogP contribution in [0.1, 0.15) is 34.8 Å². The van der Waals surface area contributed by atoms with E-state index in [1.807, 2.05) is 41.8 Å². The molecular weight excluding hydrogens is 338 g/mol. The molecule has 0 spiro atoms. The molecule has 0 saturated carbocycles. The largest absolute Gasteiger partial charge is 0.419 e. The highest BCUT2D eigenvalue weighted by Gasteiger charge is 2.11. The van der Waals surface area contributed by atoms with Crippen LogP contribution >= 0.6 is 11.3 Å². The van der Waals surface area contributed by atoms with E-state index in [1.165, 1.54) is 11.3 Å². The summed E-state index contributed by atoms with van der Waals surface area (Å²) in [6, 6.07) is 13.1. The van der Waals surface area contributed by atoms with Gasteiger partial charge in [0.05, 0.1) is 11.4 Å². The molecule has 7 heteroatoms. The Labute approximate surface area is 148 Å². The predicted octanol–water partition coefficient (Wildman–Crippen LogP) is 3.47. The number of carbonyl (C=O) groups excluding carboxylic acids is 2. The first-order chi connectivity index (χ1) is 12.2. The lowest BCUT2D eigenvalue weighted by Gasteiger charge is -2.02. The zero-order valence-corrected chi connectivity index (χ0v) is 14.3. The number of amides is 1. The van der Waals surface area contributed by atoms with Crippen molar-refractivity contribution in [3.63, 3.8) is 0 Å². The Bertz CT molecular complexity index is 828. The second kappa shape index (κ2) is 8.34. The fourth-order valence-corrected chi connectivity index (χ4v) is 2.95. The fraction of sp³-hybridized carbons (Fsp3) is 0.222. The van der Waals surface area contributed by atoms with Gasteiger partial charge in [-0.05, 0) is 30.0 Å². The van der Waals surface area contributed by atoms with Crippen LogP contribution < -0.4 is 5.32 Å². The maximum absolute atomic E-state index is 11.9. The molecule has 6 nitrogen and oxygen atoms in total. The summed E-state index contributed by atoms with van der Waals surface area (Å²) in [5.41, 5.74) is 0.833. The number of Topliss-reactive ketones (excluding diaryl/α,β-unsaturated/α-hetero) is 1. The number of ketones is 1. The van der Waals surface area contributed by atoms with Crippen LogP contribution in [0.2, 0.25) is 0 Å². The third-order valence-electron chi connectivity index (χ3n) is 3.53. The molecule has 1 N–H and O–H groups in total. The van der Waals surface area contributed by atoms with Crippen LogP contribution in [-0.2, 0) is 11.3 Å². The summed E-state index contributed by atoms with van der Waals surface area (Å²) in [5, 5.41) is 12.5. The smallest absolute Gasteiger partial charge is 0.247 e. The van der Waals surface area contributed by atoms with E-state index in [9.17, 15) is 9.59 Å². The molecule has 0 fully saturated rings.